The van der Waals surface area contributed by atoms with E-state index < -0.39 is 0 Å². The molecule has 1 unspecified atom stereocenters. The van der Waals surface area contributed by atoms with Gasteiger partial charge in [-0.1, -0.05) is 47.5 Å². The largest absolute Gasteiger partial charge is 0.313 e. The Morgan fingerprint density at radius 3 is 2.08 bits per heavy atom. The fourth-order valence-corrected chi connectivity index (χ4v) is 1.57. The summed E-state index contributed by atoms with van der Waals surface area (Å²) in [5, 5.41) is 3.64. The van der Waals surface area contributed by atoms with Gasteiger partial charge in [0.05, 0.1) is 0 Å². The molecule has 0 aromatic heterocycles. The first kappa shape index (κ1) is 13.0. The molecule has 0 aliphatic rings. The van der Waals surface area contributed by atoms with Crippen molar-refractivity contribution in [2.45, 2.75) is 66.3 Å². The van der Waals surface area contributed by atoms with Crippen LogP contribution in [-0.2, 0) is 0 Å². The average molecular weight is 185 g/mol. The zero-order chi connectivity index (χ0) is 10.3. The molecule has 1 N–H and O–H groups in total. The van der Waals surface area contributed by atoms with Crippen molar-refractivity contribution in [1.29, 1.82) is 0 Å². The van der Waals surface area contributed by atoms with Crippen molar-refractivity contribution in [1.82, 2.24) is 5.32 Å². The second-order valence-corrected chi connectivity index (χ2v) is 5.01. The first-order valence-electron chi connectivity index (χ1n) is 5.75. The van der Waals surface area contributed by atoms with E-state index in [0.29, 0.717) is 11.5 Å². The molecule has 0 amide bonds. The lowest BCUT2D eigenvalue weighted by Crippen LogP contribution is -2.40. The smallest absolute Gasteiger partial charge is 0.0116 e. The van der Waals surface area contributed by atoms with E-state index in [9.17, 15) is 0 Å². The maximum Gasteiger partial charge on any atom is 0.0116 e. The maximum atomic E-state index is 3.64. The maximum absolute atomic E-state index is 3.64. The summed E-state index contributed by atoms with van der Waals surface area (Å²) in [5.74, 6) is 0. The third kappa shape index (κ3) is 6.09. The molecule has 0 aliphatic heterocycles. The minimum absolute atomic E-state index is 0.407. The Labute approximate surface area is 84.3 Å². The summed E-state index contributed by atoms with van der Waals surface area (Å²) in [4.78, 5) is 0. The number of hydrogen-bond acceptors (Lipinski definition) is 1. The van der Waals surface area contributed by atoms with Crippen LogP contribution in [-0.4, -0.2) is 12.6 Å². The van der Waals surface area contributed by atoms with Gasteiger partial charge in [0.1, 0.15) is 0 Å². The van der Waals surface area contributed by atoms with E-state index in [1.54, 1.807) is 0 Å². The fraction of sp³-hybridized carbons (Fsp3) is 1.00. The van der Waals surface area contributed by atoms with Gasteiger partial charge in [0.15, 0.2) is 0 Å². The van der Waals surface area contributed by atoms with Gasteiger partial charge in [-0.25, -0.2) is 0 Å². The number of rotatable bonds is 6. The third-order valence-electron chi connectivity index (χ3n) is 2.53. The molecule has 0 heterocycles. The van der Waals surface area contributed by atoms with Crippen LogP contribution >= 0.6 is 0 Å². The van der Waals surface area contributed by atoms with E-state index >= 15 is 0 Å². The topological polar surface area (TPSA) is 12.0 Å². The molecular formula is C12H27N. The van der Waals surface area contributed by atoms with Gasteiger partial charge in [-0.3, -0.25) is 0 Å². The van der Waals surface area contributed by atoms with Crippen LogP contribution in [0.3, 0.4) is 0 Å². The predicted octanol–water partition coefficient (Wildman–Crippen LogP) is 3.59. The molecular weight excluding hydrogens is 158 g/mol. The van der Waals surface area contributed by atoms with Crippen molar-refractivity contribution in [3.63, 3.8) is 0 Å². The molecule has 0 spiro atoms. The highest BCUT2D eigenvalue weighted by atomic mass is 14.9. The van der Waals surface area contributed by atoms with Crippen molar-refractivity contribution >= 4 is 0 Å². The molecule has 0 saturated heterocycles. The van der Waals surface area contributed by atoms with Crippen LogP contribution in [0.5, 0.6) is 0 Å². The average Bonchev–Trinajstić information content (AvgIpc) is 2.02. The zero-order valence-corrected chi connectivity index (χ0v) is 10.1. The Morgan fingerprint density at radius 1 is 1.08 bits per heavy atom. The Bertz CT molecular complexity index is 105. The van der Waals surface area contributed by atoms with Crippen molar-refractivity contribution in [3.05, 3.63) is 0 Å². The van der Waals surface area contributed by atoms with Gasteiger partial charge in [-0.05, 0) is 24.8 Å². The zero-order valence-electron chi connectivity index (χ0n) is 10.1. The summed E-state index contributed by atoms with van der Waals surface area (Å²) in [6, 6.07) is 0.687. The molecule has 1 atom stereocenters. The molecule has 1 heteroatoms. The van der Waals surface area contributed by atoms with Crippen LogP contribution in [0.1, 0.15) is 60.3 Å². The monoisotopic (exact) mass is 185 g/mol. The number of hydrogen-bond donors (Lipinski definition) is 1. The quantitative estimate of drug-likeness (QED) is 0.667. The summed E-state index contributed by atoms with van der Waals surface area (Å²) in [7, 11) is 0. The molecule has 0 saturated carbocycles. The van der Waals surface area contributed by atoms with Crippen LogP contribution in [0.25, 0.3) is 0 Å². The molecule has 0 fully saturated rings. The lowest BCUT2D eigenvalue weighted by molar-refractivity contribution is 0.251. The van der Waals surface area contributed by atoms with E-state index in [2.05, 4.69) is 39.9 Å². The lowest BCUT2D eigenvalue weighted by atomic mass is 9.83. The second kappa shape index (κ2) is 6.42. The third-order valence-corrected chi connectivity index (χ3v) is 2.53. The van der Waals surface area contributed by atoms with Crippen LogP contribution in [0.15, 0.2) is 0 Å². The van der Waals surface area contributed by atoms with Crippen LogP contribution in [0.2, 0.25) is 0 Å². The summed E-state index contributed by atoms with van der Waals surface area (Å²) in [5.41, 5.74) is 0.407. The van der Waals surface area contributed by atoms with E-state index in [4.69, 9.17) is 0 Å². The highest BCUT2D eigenvalue weighted by Crippen LogP contribution is 2.23. The Hall–Kier alpha value is -0.0400. The Morgan fingerprint density at radius 2 is 1.69 bits per heavy atom. The molecule has 0 aromatic carbocycles. The van der Waals surface area contributed by atoms with Crippen molar-refractivity contribution in [2.24, 2.45) is 5.41 Å². The van der Waals surface area contributed by atoms with Gasteiger partial charge in [-0.15, -0.1) is 0 Å². The van der Waals surface area contributed by atoms with Gasteiger partial charge >= 0.3 is 0 Å². The molecule has 0 bridgehead atoms. The molecule has 1 nitrogen and oxygen atoms in total. The van der Waals surface area contributed by atoms with Crippen molar-refractivity contribution < 1.29 is 0 Å². The van der Waals surface area contributed by atoms with Crippen molar-refractivity contribution in [3.8, 4) is 0 Å². The van der Waals surface area contributed by atoms with Gasteiger partial charge in [0.2, 0.25) is 0 Å². The van der Waals surface area contributed by atoms with Crippen LogP contribution in [0, 0.1) is 5.41 Å². The van der Waals surface area contributed by atoms with E-state index in [1.165, 1.54) is 25.7 Å². The Balaban J connectivity index is 3.88. The predicted molar refractivity (Wildman–Crippen MR) is 61.1 cm³/mol. The Kier molecular flexibility index (Phi) is 6.40. The normalized spacial score (nSPS) is 14.5. The van der Waals surface area contributed by atoms with Crippen molar-refractivity contribution in [2.75, 3.05) is 6.54 Å². The molecule has 80 valence electrons. The first-order valence-corrected chi connectivity index (χ1v) is 5.75. The van der Waals surface area contributed by atoms with Crippen LogP contribution in [0.4, 0.5) is 0 Å². The second-order valence-electron chi connectivity index (χ2n) is 5.01. The lowest BCUT2D eigenvalue weighted by Gasteiger charge is -2.31. The molecule has 0 aromatic rings. The summed E-state index contributed by atoms with van der Waals surface area (Å²) in [6.45, 7) is 12.6. The molecule has 13 heavy (non-hydrogen) atoms. The first-order chi connectivity index (χ1) is 6.02. The summed E-state index contributed by atoms with van der Waals surface area (Å²) in [6.07, 6.45) is 5.21. The minimum atomic E-state index is 0.407. The highest BCUT2D eigenvalue weighted by molar-refractivity contribution is 4.79. The SMILES string of the molecule is CCCCC(NCCC)C(C)(C)C. The summed E-state index contributed by atoms with van der Waals surface area (Å²) >= 11 is 0. The van der Waals surface area contributed by atoms with Gasteiger partial charge in [0, 0.05) is 6.04 Å². The molecule has 0 rings (SSSR count). The van der Waals surface area contributed by atoms with Gasteiger partial charge in [0.25, 0.3) is 0 Å². The number of unbranched alkanes of at least 4 members (excludes halogenated alkanes) is 1. The van der Waals surface area contributed by atoms with E-state index in [0.717, 1.165) is 6.54 Å². The standard InChI is InChI=1S/C12H27N/c1-6-8-9-11(12(3,4)5)13-10-7-2/h11,13H,6-10H2,1-5H3. The molecule has 0 aliphatic carbocycles. The van der Waals surface area contributed by atoms with Crippen LogP contribution < -0.4 is 5.32 Å². The fourth-order valence-electron chi connectivity index (χ4n) is 1.57. The minimum Gasteiger partial charge on any atom is -0.313 e. The van der Waals surface area contributed by atoms with Gasteiger partial charge in [-0.2, -0.15) is 0 Å². The highest BCUT2D eigenvalue weighted by Gasteiger charge is 2.22. The molecule has 0 radical (unpaired) electrons. The number of nitrogens with one attached hydrogen (secondary N) is 1. The van der Waals surface area contributed by atoms with Gasteiger partial charge < -0.3 is 5.32 Å². The van der Waals surface area contributed by atoms with E-state index in [-0.39, 0.29) is 0 Å². The van der Waals surface area contributed by atoms with E-state index in [1.807, 2.05) is 0 Å². The summed E-state index contributed by atoms with van der Waals surface area (Å²) < 4.78 is 0.